The standard InChI is InChI=1S/C29H25NO8/c1-30-18-22-23(36-26(31)19-12-6-3-7-13-19)24(37-27(32)20-14-8-4-9-15-20)25(29(34-2)35-22)38-28(33)21-16-10-5-11-17-21/h3-17,22-25,29H,18H2,2H3/t22-,23?,24-,25-,29+/m0/s1. The van der Waals surface area contributed by atoms with Crippen molar-refractivity contribution in [1.29, 1.82) is 0 Å². The van der Waals surface area contributed by atoms with Gasteiger partial charge in [-0.05, 0) is 36.4 Å². The molecule has 0 aliphatic carbocycles. The first-order valence-corrected chi connectivity index (χ1v) is 11.8. The van der Waals surface area contributed by atoms with E-state index in [0.29, 0.717) is 0 Å². The molecule has 0 saturated carbocycles. The number of methoxy groups -OCH3 is 1. The summed E-state index contributed by atoms with van der Waals surface area (Å²) in [7, 11) is 1.33. The maximum Gasteiger partial charge on any atom is 0.338 e. The van der Waals surface area contributed by atoms with Crippen LogP contribution in [0.4, 0.5) is 0 Å². The second kappa shape index (κ2) is 12.6. The lowest BCUT2D eigenvalue weighted by atomic mass is 9.97. The molecule has 0 aromatic heterocycles. The first kappa shape index (κ1) is 26.5. The van der Waals surface area contributed by atoms with Gasteiger partial charge in [0.05, 0.1) is 16.7 Å². The number of benzene rings is 3. The van der Waals surface area contributed by atoms with Crippen LogP contribution in [0.5, 0.6) is 0 Å². The van der Waals surface area contributed by atoms with Crippen molar-refractivity contribution < 1.29 is 38.1 Å². The molecule has 1 unspecified atom stereocenters. The molecule has 9 heteroatoms. The van der Waals surface area contributed by atoms with Crippen molar-refractivity contribution in [2.24, 2.45) is 0 Å². The van der Waals surface area contributed by atoms with Crippen LogP contribution in [-0.2, 0) is 23.7 Å². The zero-order valence-corrected chi connectivity index (χ0v) is 20.5. The number of hydrogen-bond donors (Lipinski definition) is 0. The Bertz CT molecular complexity index is 1280. The molecule has 3 aromatic carbocycles. The van der Waals surface area contributed by atoms with Gasteiger partial charge in [0.25, 0.3) is 0 Å². The van der Waals surface area contributed by atoms with Crippen LogP contribution in [0, 0.1) is 6.57 Å². The topological polar surface area (TPSA) is 102 Å². The van der Waals surface area contributed by atoms with Crippen LogP contribution < -0.4 is 0 Å². The highest BCUT2D eigenvalue weighted by molar-refractivity contribution is 5.91. The van der Waals surface area contributed by atoms with E-state index >= 15 is 0 Å². The number of carbonyl (C=O) groups excluding carboxylic acids is 3. The third kappa shape index (κ3) is 6.24. The second-order valence-corrected chi connectivity index (χ2v) is 8.33. The van der Waals surface area contributed by atoms with E-state index in [1.165, 1.54) is 7.11 Å². The SMILES string of the molecule is [C-]#[N+]C[C@@H]1O[C@@H](OC)[C@@H](OC(=O)c2ccccc2)[C@@H](OC(=O)c2ccccc2)C1OC(=O)c1ccccc1. The lowest BCUT2D eigenvalue weighted by Crippen LogP contribution is -2.62. The van der Waals surface area contributed by atoms with E-state index in [0.717, 1.165) is 0 Å². The summed E-state index contributed by atoms with van der Waals surface area (Å²) in [5.74, 6) is -2.19. The second-order valence-electron chi connectivity index (χ2n) is 8.33. The van der Waals surface area contributed by atoms with Crippen molar-refractivity contribution in [3.8, 4) is 0 Å². The van der Waals surface area contributed by atoms with E-state index in [9.17, 15) is 14.4 Å². The predicted octanol–water partition coefficient (Wildman–Crippen LogP) is 3.95. The van der Waals surface area contributed by atoms with Gasteiger partial charge in [-0.15, -0.1) is 0 Å². The Morgan fingerprint density at radius 3 is 1.47 bits per heavy atom. The predicted molar refractivity (Wildman–Crippen MR) is 134 cm³/mol. The molecule has 1 heterocycles. The van der Waals surface area contributed by atoms with Gasteiger partial charge in [-0.25, -0.2) is 21.0 Å². The van der Waals surface area contributed by atoms with Crippen LogP contribution in [0.2, 0.25) is 0 Å². The fraction of sp³-hybridized carbons (Fsp3) is 0.241. The number of ether oxygens (including phenoxy) is 5. The average Bonchev–Trinajstić information content (AvgIpc) is 2.97. The summed E-state index contributed by atoms with van der Waals surface area (Å²) >= 11 is 0. The van der Waals surface area contributed by atoms with Crippen LogP contribution in [0.3, 0.4) is 0 Å². The lowest BCUT2D eigenvalue weighted by molar-refractivity contribution is -0.284. The smallest absolute Gasteiger partial charge is 0.338 e. The molecule has 38 heavy (non-hydrogen) atoms. The molecule has 1 saturated heterocycles. The Morgan fingerprint density at radius 1 is 0.684 bits per heavy atom. The number of rotatable bonds is 8. The quantitative estimate of drug-likeness (QED) is 0.253. The highest BCUT2D eigenvalue weighted by Crippen LogP contribution is 2.31. The van der Waals surface area contributed by atoms with Crippen LogP contribution in [-0.4, -0.2) is 62.3 Å². The maximum absolute atomic E-state index is 13.1. The number of hydrogen-bond acceptors (Lipinski definition) is 8. The van der Waals surface area contributed by atoms with Crippen molar-refractivity contribution in [2.45, 2.75) is 30.7 Å². The van der Waals surface area contributed by atoms with E-state index in [2.05, 4.69) is 4.85 Å². The van der Waals surface area contributed by atoms with Gasteiger partial charge < -0.3 is 28.5 Å². The lowest BCUT2D eigenvalue weighted by Gasteiger charge is -2.42. The van der Waals surface area contributed by atoms with E-state index in [1.54, 1.807) is 91.0 Å². The fourth-order valence-corrected chi connectivity index (χ4v) is 4.00. The zero-order valence-electron chi connectivity index (χ0n) is 20.5. The van der Waals surface area contributed by atoms with Crippen molar-refractivity contribution in [3.63, 3.8) is 0 Å². The summed E-state index contributed by atoms with van der Waals surface area (Å²) in [6.07, 6.45) is -6.21. The molecule has 9 nitrogen and oxygen atoms in total. The van der Waals surface area contributed by atoms with E-state index in [4.69, 9.17) is 30.3 Å². The molecule has 194 valence electrons. The van der Waals surface area contributed by atoms with Gasteiger partial charge in [0.1, 0.15) is 0 Å². The molecule has 1 aliphatic rings. The number of esters is 3. The minimum atomic E-state index is -1.35. The Labute approximate surface area is 219 Å². The molecule has 1 fully saturated rings. The van der Waals surface area contributed by atoms with Crippen molar-refractivity contribution in [1.82, 2.24) is 0 Å². The number of carbonyl (C=O) groups is 3. The van der Waals surface area contributed by atoms with E-state index < -0.39 is 48.6 Å². The third-order valence-electron chi connectivity index (χ3n) is 5.85. The van der Waals surface area contributed by atoms with Crippen LogP contribution in [0.15, 0.2) is 91.0 Å². The molecule has 5 atom stereocenters. The zero-order chi connectivity index (χ0) is 26.9. The van der Waals surface area contributed by atoms with Crippen LogP contribution in [0.1, 0.15) is 31.1 Å². The first-order chi connectivity index (χ1) is 18.5. The number of nitrogens with zero attached hydrogens (tertiary/aromatic N) is 1. The molecule has 1 aliphatic heterocycles. The van der Waals surface area contributed by atoms with Gasteiger partial charge in [0, 0.05) is 7.11 Å². The summed E-state index contributed by atoms with van der Waals surface area (Å²) in [6, 6.07) is 24.6. The molecule has 4 rings (SSSR count). The van der Waals surface area contributed by atoms with Gasteiger partial charge in [0.15, 0.2) is 30.7 Å². The Morgan fingerprint density at radius 2 is 1.08 bits per heavy atom. The minimum absolute atomic E-state index is 0.231. The minimum Gasteiger partial charge on any atom is -0.452 e. The fourth-order valence-electron chi connectivity index (χ4n) is 4.00. The molecule has 0 radical (unpaired) electrons. The maximum atomic E-state index is 13.1. The van der Waals surface area contributed by atoms with Gasteiger partial charge in [0.2, 0.25) is 6.54 Å². The molecule has 0 amide bonds. The highest BCUT2D eigenvalue weighted by atomic mass is 16.7. The summed E-state index contributed by atoms with van der Waals surface area (Å²) in [4.78, 5) is 42.6. The summed E-state index contributed by atoms with van der Waals surface area (Å²) < 4.78 is 28.7. The first-order valence-electron chi connectivity index (χ1n) is 11.8. The normalized spacial score (nSPS) is 22.5. The Hall–Kier alpha value is -4.52. The highest BCUT2D eigenvalue weighted by Gasteiger charge is 2.54. The summed E-state index contributed by atoms with van der Waals surface area (Å²) in [5.41, 5.74) is 0.724. The Kier molecular flexibility index (Phi) is 8.82. The Balaban J connectivity index is 1.71. The van der Waals surface area contributed by atoms with Gasteiger partial charge in [-0.1, -0.05) is 54.6 Å². The van der Waals surface area contributed by atoms with Gasteiger partial charge in [-0.2, -0.15) is 0 Å². The molecule has 3 aromatic rings. The third-order valence-corrected chi connectivity index (χ3v) is 5.85. The van der Waals surface area contributed by atoms with Crippen molar-refractivity contribution in [2.75, 3.05) is 13.7 Å². The monoisotopic (exact) mass is 515 g/mol. The average molecular weight is 516 g/mol. The molecule has 0 N–H and O–H groups in total. The summed E-state index contributed by atoms with van der Waals surface area (Å²) in [5, 5.41) is 0. The van der Waals surface area contributed by atoms with Crippen molar-refractivity contribution in [3.05, 3.63) is 119 Å². The van der Waals surface area contributed by atoms with Crippen LogP contribution >= 0.6 is 0 Å². The molecular formula is C29H25NO8. The molecular weight excluding hydrogens is 490 g/mol. The van der Waals surface area contributed by atoms with Crippen molar-refractivity contribution >= 4 is 17.9 Å². The van der Waals surface area contributed by atoms with E-state index in [-0.39, 0.29) is 23.2 Å². The largest absolute Gasteiger partial charge is 0.452 e. The van der Waals surface area contributed by atoms with Gasteiger partial charge in [-0.3, -0.25) is 0 Å². The molecule has 0 spiro atoms. The van der Waals surface area contributed by atoms with E-state index in [1.807, 2.05) is 0 Å². The van der Waals surface area contributed by atoms with Gasteiger partial charge >= 0.3 is 17.9 Å². The van der Waals surface area contributed by atoms with Crippen LogP contribution in [0.25, 0.3) is 4.85 Å². The summed E-state index contributed by atoms with van der Waals surface area (Å²) in [6.45, 7) is 7.16. The molecule has 0 bridgehead atoms.